The summed E-state index contributed by atoms with van der Waals surface area (Å²) in [5, 5.41) is 0. The minimum absolute atomic E-state index is 0.148. The molecule has 3 aromatic rings. The molecule has 2 aliphatic carbocycles. The van der Waals surface area contributed by atoms with Gasteiger partial charge in [-0.05, 0) is 28.7 Å². The van der Waals surface area contributed by atoms with Gasteiger partial charge in [-0.3, -0.25) is 4.79 Å². The number of carbonyl (C=O) groups excluding carboxylic acids is 1. The Bertz CT molecular complexity index is 941. The van der Waals surface area contributed by atoms with Gasteiger partial charge in [0.1, 0.15) is 0 Å². The second-order valence-corrected chi connectivity index (χ2v) is 6.98. The van der Waals surface area contributed by atoms with Crippen molar-refractivity contribution in [1.82, 2.24) is 0 Å². The van der Waals surface area contributed by atoms with Gasteiger partial charge in [-0.25, -0.2) is 0 Å². The summed E-state index contributed by atoms with van der Waals surface area (Å²) in [5.41, 5.74) is 6.07. The van der Waals surface area contributed by atoms with E-state index in [1.165, 1.54) is 22.3 Å². The zero-order valence-corrected chi connectivity index (χ0v) is 13.4. The van der Waals surface area contributed by atoms with Gasteiger partial charge < -0.3 is 0 Å². The molecule has 0 amide bonds. The molecular weight excluding hydrogens is 292 g/mol. The van der Waals surface area contributed by atoms with Crippen LogP contribution in [-0.4, -0.2) is 5.78 Å². The number of benzene rings is 3. The molecule has 2 atom stereocenters. The highest BCUT2D eigenvalue weighted by Crippen LogP contribution is 2.57. The van der Waals surface area contributed by atoms with E-state index in [4.69, 9.17) is 0 Å². The molecule has 116 valence electrons. The Kier molecular flexibility index (Phi) is 2.81. The third-order valence-corrected chi connectivity index (χ3v) is 5.81. The Labute approximate surface area is 142 Å². The first-order chi connectivity index (χ1) is 11.8. The van der Waals surface area contributed by atoms with E-state index in [0.29, 0.717) is 12.3 Å². The van der Waals surface area contributed by atoms with Crippen LogP contribution in [0.3, 0.4) is 0 Å². The molecule has 5 rings (SSSR count). The molecule has 24 heavy (non-hydrogen) atoms. The second kappa shape index (κ2) is 4.91. The highest BCUT2D eigenvalue weighted by atomic mass is 16.1. The molecule has 0 aliphatic heterocycles. The van der Waals surface area contributed by atoms with Crippen LogP contribution < -0.4 is 0 Å². The molecule has 1 spiro atoms. The maximum absolute atomic E-state index is 12.7. The normalized spacial score (nSPS) is 24.2. The Morgan fingerprint density at radius 1 is 0.750 bits per heavy atom. The van der Waals surface area contributed by atoms with Crippen molar-refractivity contribution in [2.75, 3.05) is 0 Å². The Morgan fingerprint density at radius 3 is 2.25 bits per heavy atom. The van der Waals surface area contributed by atoms with Gasteiger partial charge in [0.05, 0.1) is 0 Å². The molecule has 1 heteroatoms. The first-order valence-corrected chi connectivity index (χ1v) is 8.57. The van der Waals surface area contributed by atoms with E-state index >= 15 is 0 Å². The van der Waals surface area contributed by atoms with Gasteiger partial charge >= 0.3 is 0 Å². The quantitative estimate of drug-likeness (QED) is 0.611. The van der Waals surface area contributed by atoms with Crippen molar-refractivity contribution < 1.29 is 4.79 Å². The predicted octanol–water partition coefficient (Wildman–Crippen LogP) is 5.09. The molecule has 0 radical (unpaired) electrons. The fourth-order valence-corrected chi connectivity index (χ4v) is 4.82. The smallest absolute Gasteiger partial charge is 0.164 e. The van der Waals surface area contributed by atoms with Crippen molar-refractivity contribution >= 4 is 5.78 Å². The Hall–Kier alpha value is -2.67. The largest absolute Gasteiger partial charge is 0.294 e. The minimum Gasteiger partial charge on any atom is -0.294 e. The topological polar surface area (TPSA) is 17.1 Å². The number of Topliss-reactive ketones (excluding diaryl/α,β-unsaturated/α-hetero) is 1. The lowest BCUT2D eigenvalue weighted by molar-refractivity contribution is 0.0979. The molecule has 0 bridgehead atoms. The monoisotopic (exact) mass is 310 g/mol. The molecule has 0 N–H and O–H groups in total. The first kappa shape index (κ1) is 13.7. The minimum atomic E-state index is -0.148. The van der Waals surface area contributed by atoms with Crippen LogP contribution in [0.1, 0.15) is 51.4 Å². The van der Waals surface area contributed by atoms with Crippen LogP contribution in [0.4, 0.5) is 0 Å². The van der Waals surface area contributed by atoms with E-state index in [1.54, 1.807) is 0 Å². The highest BCUT2D eigenvalue weighted by Gasteiger charge is 2.51. The molecule has 0 saturated heterocycles. The van der Waals surface area contributed by atoms with Gasteiger partial charge in [-0.1, -0.05) is 78.9 Å². The molecule has 2 unspecified atom stereocenters. The fourth-order valence-electron chi connectivity index (χ4n) is 4.82. The van der Waals surface area contributed by atoms with Crippen LogP contribution in [0.25, 0.3) is 0 Å². The Balaban J connectivity index is 1.75. The maximum atomic E-state index is 12.7. The summed E-state index contributed by atoms with van der Waals surface area (Å²) in [6.45, 7) is 0. The van der Waals surface area contributed by atoms with E-state index in [0.717, 1.165) is 12.0 Å². The molecule has 0 heterocycles. The van der Waals surface area contributed by atoms with E-state index in [2.05, 4.69) is 66.7 Å². The summed E-state index contributed by atoms with van der Waals surface area (Å²) < 4.78 is 0. The van der Waals surface area contributed by atoms with Crippen LogP contribution in [0, 0.1) is 0 Å². The number of ketones is 1. The SMILES string of the molecule is O=C1CC2(CC(c3ccccc3)c3ccccc32)c2ccccc21. The van der Waals surface area contributed by atoms with Gasteiger partial charge in [0.25, 0.3) is 0 Å². The molecular formula is C23H18O. The lowest BCUT2D eigenvalue weighted by Gasteiger charge is -2.26. The van der Waals surface area contributed by atoms with E-state index in [1.807, 2.05) is 12.1 Å². The molecule has 2 aliphatic rings. The number of hydrogen-bond donors (Lipinski definition) is 0. The summed E-state index contributed by atoms with van der Waals surface area (Å²) in [5.74, 6) is 0.649. The van der Waals surface area contributed by atoms with E-state index < -0.39 is 0 Å². The lowest BCUT2D eigenvalue weighted by atomic mass is 9.76. The second-order valence-electron chi connectivity index (χ2n) is 6.98. The molecule has 1 nitrogen and oxygen atoms in total. The summed E-state index contributed by atoms with van der Waals surface area (Å²) in [6.07, 6.45) is 1.59. The number of carbonyl (C=O) groups is 1. The van der Waals surface area contributed by atoms with Gasteiger partial charge in [0, 0.05) is 23.3 Å². The number of hydrogen-bond acceptors (Lipinski definition) is 1. The van der Waals surface area contributed by atoms with Crippen LogP contribution in [0.5, 0.6) is 0 Å². The summed E-state index contributed by atoms with van der Waals surface area (Å²) in [6, 6.07) is 27.6. The van der Waals surface area contributed by atoms with Crippen molar-refractivity contribution in [2.45, 2.75) is 24.2 Å². The molecule has 0 aromatic heterocycles. The Morgan fingerprint density at radius 2 is 1.42 bits per heavy atom. The average Bonchev–Trinajstić information content (AvgIpc) is 3.13. The zero-order valence-electron chi connectivity index (χ0n) is 13.4. The van der Waals surface area contributed by atoms with Gasteiger partial charge in [-0.2, -0.15) is 0 Å². The van der Waals surface area contributed by atoms with Crippen molar-refractivity contribution in [3.63, 3.8) is 0 Å². The van der Waals surface area contributed by atoms with Gasteiger partial charge in [0.15, 0.2) is 5.78 Å². The van der Waals surface area contributed by atoms with E-state index in [9.17, 15) is 4.79 Å². The van der Waals surface area contributed by atoms with Crippen molar-refractivity contribution in [2.24, 2.45) is 0 Å². The van der Waals surface area contributed by atoms with Crippen LogP contribution in [0.15, 0.2) is 78.9 Å². The van der Waals surface area contributed by atoms with Crippen molar-refractivity contribution in [1.29, 1.82) is 0 Å². The molecule has 0 saturated carbocycles. The van der Waals surface area contributed by atoms with Crippen LogP contribution in [0.2, 0.25) is 0 Å². The van der Waals surface area contributed by atoms with Gasteiger partial charge in [-0.15, -0.1) is 0 Å². The summed E-state index contributed by atoms with van der Waals surface area (Å²) in [4.78, 5) is 12.7. The number of rotatable bonds is 1. The molecule has 0 fully saturated rings. The summed E-state index contributed by atoms with van der Waals surface area (Å²) in [7, 11) is 0. The fraction of sp³-hybridized carbons (Fsp3) is 0.174. The summed E-state index contributed by atoms with van der Waals surface area (Å²) >= 11 is 0. The average molecular weight is 310 g/mol. The third-order valence-electron chi connectivity index (χ3n) is 5.81. The van der Waals surface area contributed by atoms with Crippen molar-refractivity contribution in [3.05, 3.63) is 107 Å². The number of fused-ring (bicyclic) bond motifs is 4. The van der Waals surface area contributed by atoms with E-state index in [-0.39, 0.29) is 11.2 Å². The molecule has 3 aromatic carbocycles. The zero-order chi connectivity index (χ0) is 16.1. The highest BCUT2D eigenvalue weighted by molar-refractivity contribution is 6.03. The van der Waals surface area contributed by atoms with Crippen LogP contribution in [-0.2, 0) is 5.41 Å². The van der Waals surface area contributed by atoms with Crippen LogP contribution >= 0.6 is 0 Å². The first-order valence-electron chi connectivity index (χ1n) is 8.57. The third kappa shape index (κ3) is 1.73. The standard InChI is InChI=1S/C23H18O/c24-22-15-23(21-13-7-5-11-18(21)22)14-19(16-8-2-1-3-9-16)17-10-4-6-12-20(17)23/h1-13,19H,14-15H2. The van der Waals surface area contributed by atoms with Crippen molar-refractivity contribution in [3.8, 4) is 0 Å². The lowest BCUT2D eigenvalue weighted by Crippen LogP contribution is -2.22. The van der Waals surface area contributed by atoms with Gasteiger partial charge in [0.2, 0.25) is 0 Å². The predicted molar refractivity (Wildman–Crippen MR) is 95.5 cm³/mol. The maximum Gasteiger partial charge on any atom is 0.164 e.